The van der Waals surface area contributed by atoms with Crippen molar-refractivity contribution in [2.24, 2.45) is 12.1 Å². The predicted molar refractivity (Wildman–Crippen MR) is 100 cm³/mol. The highest BCUT2D eigenvalue weighted by Gasteiger charge is 2.17. The van der Waals surface area contributed by atoms with Gasteiger partial charge in [-0.05, 0) is 30.3 Å². The van der Waals surface area contributed by atoms with Crippen LogP contribution in [0.4, 0.5) is 16.2 Å². The number of amides is 2. The van der Waals surface area contributed by atoms with Crippen molar-refractivity contribution >= 4 is 23.6 Å². The third kappa shape index (κ3) is 3.87. The van der Waals surface area contributed by atoms with E-state index in [1.807, 2.05) is 60.7 Å². The number of aryl methyl sites for hydroxylation is 1. The molecule has 0 aliphatic carbocycles. The summed E-state index contributed by atoms with van der Waals surface area (Å²) in [4.78, 5) is 14.3. The molecule has 3 rings (SSSR count). The molecule has 0 radical (unpaired) electrons. The van der Waals surface area contributed by atoms with E-state index in [-0.39, 0.29) is 5.75 Å². The van der Waals surface area contributed by atoms with Gasteiger partial charge in [-0.3, -0.25) is 4.90 Å². The van der Waals surface area contributed by atoms with Gasteiger partial charge in [0.2, 0.25) is 0 Å². The van der Waals surface area contributed by atoms with E-state index in [1.54, 1.807) is 29.9 Å². The second-order valence-electron chi connectivity index (χ2n) is 5.57. The Morgan fingerprint density at radius 2 is 1.58 bits per heavy atom. The van der Waals surface area contributed by atoms with Crippen molar-refractivity contribution in [3.05, 3.63) is 84.7 Å². The molecule has 0 aliphatic rings. The van der Waals surface area contributed by atoms with Crippen molar-refractivity contribution < 1.29 is 14.5 Å². The highest BCUT2D eigenvalue weighted by molar-refractivity contribution is 5.99. The van der Waals surface area contributed by atoms with Crippen molar-refractivity contribution in [2.75, 3.05) is 4.90 Å². The predicted octanol–water partition coefficient (Wildman–Crippen LogP) is 3.10. The highest BCUT2D eigenvalue weighted by Crippen LogP contribution is 2.24. The molecular formula is C20H19N4O2+. The van der Waals surface area contributed by atoms with Crippen LogP contribution in [0.15, 0.2) is 84.1 Å². The topological polar surface area (TPSA) is 68.8 Å². The quantitative estimate of drug-likeness (QED) is 0.433. The Kier molecular flexibility index (Phi) is 5.24. The van der Waals surface area contributed by atoms with Crippen LogP contribution >= 0.6 is 0 Å². The SMILES string of the molecule is C[n+]1cccc(O)c1/C=N/NC(=O)N(c1ccccc1)c1ccccc1. The summed E-state index contributed by atoms with van der Waals surface area (Å²) < 4.78 is 1.71. The molecule has 0 saturated carbocycles. The molecule has 130 valence electrons. The number of hydrogen-bond acceptors (Lipinski definition) is 3. The Morgan fingerprint density at radius 3 is 2.12 bits per heavy atom. The molecule has 3 aromatic rings. The Bertz CT molecular complexity index is 852. The van der Waals surface area contributed by atoms with Gasteiger partial charge in [0.15, 0.2) is 11.9 Å². The van der Waals surface area contributed by atoms with Gasteiger partial charge in [0.1, 0.15) is 13.3 Å². The summed E-state index contributed by atoms with van der Waals surface area (Å²) in [7, 11) is 1.78. The number of para-hydroxylation sites is 2. The summed E-state index contributed by atoms with van der Waals surface area (Å²) in [5, 5.41) is 13.9. The summed E-state index contributed by atoms with van der Waals surface area (Å²) in [5.74, 6) is 0.0796. The van der Waals surface area contributed by atoms with Gasteiger partial charge in [0, 0.05) is 6.07 Å². The van der Waals surface area contributed by atoms with Gasteiger partial charge in [-0.25, -0.2) is 10.2 Å². The minimum atomic E-state index is -0.406. The van der Waals surface area contributed by atoms with Crippen molar-refractivity contribution in [2.45, 2.75) is 0 Å². The zero-order valence-electron chi connectivity index (χ0n) is 14.3. The molecule has 0 fully saturated rings. The Morgan fingerprint density at radius 1 is 1.00 bits per heavy atom. The van der Waals surface area contributed by atoms with Crippen LogP contribution in [0.3, 0.4) is 0 Å². The molecule has 2 aromatic carbocycles. The van der Waals surface area contributed by atoms with Gasteiger partial charge >= 0.3 is 6.03 Å². The molecule has 0 unspecified atom stereocenters. The standard InChI is InChI=1S/C20H18N4O2/c1-23-14-8-13-19(25)18(23)15-21-22-20(26)24(16-9-4-2-5-10-16)17-11-6-3-7-12-17/h2-15,25H,1H3/p+1. The van der Waals surface area contributed by atoms with E-state index in [2.05, 4.69) is 10.5 Å². The number of anilines is 2. The summed E-state index contributed by atoms with van der Waals surface area (Å²) in [6.07, 6.45) is 3.19. The number of aromatic hydroxyl groups is 1. The molecule has 2 amide bonds. The molecule has 6 nitrogen and oxygen atoms in total. The number of hydrogen-bond donors (Lipinski definition) is 2. The van der Waals surface area contributed by atoms with Gasteiger partial charge in [-0.2, -0.15) is 9.67 Å². The van der Waals surface area contributed by atoms with E-state index in [4.69, 9.17) is 0 Å². The lowest BCUT2D eigenvalue weighted by Gasteiger charge is -2.22. The minimum absolute atomic E-state index is 0.0796. The average Bonchev–Trinajstić information content (AvgIpc) is 2.66. The molecule has 2 N–H and O–H groups in total. The van der Waals surface area contributed by atoms with Gasteiger partial charge in [0.05, 0.1) is 11.4 Å². The first-order chi connectivity index (χ1) is 12.7. The van der Waals surface area contributed by atoms with Gasteiger partial charge in [0.25, 0.3) is 5.69 Å². The maximum Gasteiger partial charge on any atom is 0.346 e. The maximum atomic E-state index is 12.7. The number of benzene rings is 2. The molecule has 0 saturated heterocycles. The second kappa shape index (κ2) is 7.94. The van der Waals surface area contributed by atoms with Crippen LogP contribution in [0.5, 0.6) is 5.75 Å². The largest absolute Gasteiger partial charge is 0.502 e. The third-order valence-corrected chi connectivity index (χ3v) is 3.79. The fourth-order valence-corrected chi connectivity index (χ4v) is 2.50. The van der Waals surface area contributed by atoms with Gasteiger partial charge < -0.3 is 5.11 Å². The first kappa shape index (κ1) is 17.2. The van der Waals surface area contributed by atoms with E-state index in [0.29, 0.717) is 5.69 Å². The van der Waals surface area contributed by atoms with Crippen LogP contribution in [0.1, 0.15) is 5.69 Å². The summed E-state index contributed by atoms with van der Waals surface area (Å²) in [6.45, 7) is 0. The van der Waals surface area contributed by atoms with Crippen LogP contribution in [-0.2, 0) is 7.05 Å². The lowest BCUT2D eigenvalue weighted by atomic mass is 10.2. The fourth-order valence-electron chi connectivity index (χ4n) is 2.50. The third-order valence-electron chi connectivity index (χ3n) is 3.79. The van der Waals surface area contributed by atoms with Gasteiger partial charge in [-0.15, -0.1) is 0 Å². The minimum Gasteiger partial charge on any atom is -0.502 e. The smallest absolute Gasteiger partial charge is 0.346 e. The molecule has 1 aromatic heterocycles. The molecule has 0 aliphatic heterocycles. The van der Waals surface area contributed by atoms with E-state index >= 15 is 0 Å². The maximum absolute atomic E-state index is 12.7. The van der Waals surface area contributed by atoms with Crippen LogP contribution in [-0.4, -0.2) is 17.4 Å². The molecule has 0 spiro atoms. The molecule has 1 heterocycles. The van der Waals surface area contributed by atoms with Crippen molar-refractivity contribution in [1.82, 2.24) is 5.43 Å². The lowest BCUT2D eigenvalue weighted by molar-refractivity contribution is -0.672. The second-order valence-corrected chi connectivity index (χ2v) is 5.57. The van der Waals surface area contributed by atoms with Gasteiger partial charge in [-0.1, -0.05) is 36.4 Å². The number of rotatable bonds is 4. The van der Waals surface area contributed by atoms with Crippen LogP contribution < -0.4 is 14.9 Å². The Hall–Kier alpha value is -3.67. The van der Waals surface area contributed by atoms with E-state index in [0.717, 1.165) is 11.4 Å². The van der Waals surface area contributed by atoms with Crippen LogP contribution in [0.25, 0.3) is 0 Å². The van der Waals surface area contributed by atoms with Crippen molar-refractivity contribution in [1.29, 1.82) is 0 Å². The summed E-state index contributed by atoms with van der Waals surface area (Å²) in [6, 6.07) is 21.5. The average molecular weight is 347 g/mol. The molecule has 26 heavy (non-hydrogen) atoms. The monoisotopic (exact) mass is 347 g/mol. The first-order valence-electron chi connectivity index (χ1n) is 8.07. The lowest BCUT2D eigenvalue weighted by Crippen LogP contribution is -2.35. The number of urea groups is 1. The van der Waals surface area contributed by atoms with E-state index in [9.17, 15) is 9.90 Å². The number of pyridine rings is 1. The number of carbonyl (C=O) groups is 1. The van der Waals surface area contributed by atoms with E-state index in [1.165, 1.54) is 11.1 Å². The first-order valence-corrected chi connectivity index (χ1v) is 8.07. The van der Waals surface area contributed by atoms with Crippen LogP contribution in [0.2, 0.25) is 0 Å². The molecule has 0 atom stereocenters. The molecule has 6 heteroatoms. The molecule has 0 bridgehead atoms. The number of hydrazone groups is 1. The van der Waals surface area contributed by atoms with E-state index < -0.39 is 6.03 Å². The van der Waals surface area contributed by atoms with Crippen molar-refractivity contribution in [3.8, 4) is 5.75 Å². The zero-order valence-corrected chi connectivity index (χ0v) is 14.3. The molecular weight excluding hydrogens is 328 g/mol. The Balaban J connectivity index is 1.84. The Labute approximate surface area is 151 Å². The fraction of sp³-hybridized carbons (Fsp3) is 0.0500. The summed E-state index contributed by atoms with van der Waals surface area (Å²) >= 11 is 0. The summed E-state index contributed by atoms with van der Waals surface area (Å²) in [5.41, 5.74) is 4.44. The normalized spacial score (nSPS) is 10.7. The number of nitrogens with one attached hydrogen (secondary N) is 1. The zero-order chi connectivity index (χ0) is 18.4. The van der Waals surface area contributed by atoms with Crippen molar-refractivity contribution in [3.63, 3.8) is 0 Å². The highest BCUT2D eigenvalue weighted by atomic mass is 16.3. The van der Waals surface area contributed by atoms with Crippen LogP contribution in [0, 0.1) is 0 Å². The number of nitrogens with zero attached hydrogens (tertiary/aromatic N) is 3. The number of carbonyl (C=O) groups excluding carboxylic acids is 1. The number of aromatic nitrogens is 1.